The van der Waals surface area contributed by atoms with E-state index in [1.807, 2.05) is 53.4 Å². The van der Waals surface area contributed by atoms with Crippen molar-refractivity contribution < 1.29 is 13.0 Å². The predicted octanol–water partition coefficient (Wildman–Crippen LogP) is 5.98. The number of azo groups is 1. The van der Waals surface area contributed by atoms with Crippen LogP contribution in [0.1, 0.15) is 5.56 Å². The second-order valence-corrected chi connectivity index (χ2v) is 7.69. The summed E-state index contributed by atoms with van der Waals surface area (Å²) < 4.78 is 33.5. The Balaban J connectivity index is 2.17. The van der Waals surface area contributed by atoms with Gasteiger partial charge in [0.15, 0.2) is 0 Å². The monoisotopic (exact) mass is 407 g/mol. The lowest BCUT2D eigenvalue weighted by molar-refractivity contribution is 0.483. The number of benzene rings is 3. The fourth-order valence-electron chi connectivity index (χ4n) is 2.97. The average Bonchev–Trinajstić information content (AvgIpc) is 2.72. The van der Waals surface area contributed by atoms with Gasteiger partial charge in [-0.3, -0.25) is 4.55 Å². The Kier molecular flexibility index (Phi) is 6.21. The van der Waals surface area contributed by atoms with E-state index < -0.39 is 10.1 Å². The van der Waals surface area contributed by atoms with E-state index in [1.54, 1.807) is 31.2 Å². The molecule has 148 valence electrons. The molecule has 0 aromatic heterocycles. The zero-order valence-corrected chi connectivity index (χ0v) is 16.7. The van der Waals surface area contributed by atoms with Gasteiger partial charge in [-0.1, -0.05) is 42.5 Å². The molecular formula is C22H21N3O3S. The molecule has 6 nitrogen and oxygen atoms in total. The Morgan fingerprint density at radius 1 is 0.966 bits per heavy atom. The SMILES string of the molecule is C=CCN(c1ccccc1)c1ccc(S(=O)(=O)O)c(N=Nc2ccccc2)c1C. The van der Waals surface area contributed by atoms with E-state index in [-0.39, 0.29) is 10.6 Å². The largest absolute Gasteiger partial charge is 0.337 e. The molecule has 0 spiro atoms. The molecule has 0 saturated carbocycles. The summed E-state index contributed by atoms with van der Waals surface area (Å²) in [7, 11) is -4.47. The maximum atomic E-state index is 11.9. The summed E-state index contributed by atoms with van der Waals surface area (Å²) in [6, 6.07) is 21.6. The maximum absolute atomic E-state index is 11.9. The number of hydrogen-bond acceptors (Lipinski definition) is 5. The molecule has 3 aromatic carbocycles. The lowest BCUT2D eigenvalue weighted by Crippen LogP contribution is -2.18. The van der Waals surface area contributed by atoms with E-state index in [1.165, 1.54) is 6.07 Å². The van der Waals surface area contributed by atoms with Gasteiger partial charge in [-0.2, -0.15) is 13.5 Å². The Morgan fingerprint density at radius 2 is 1.59 bits per heavy atom. The minimum Gasteiger partial charge on any atom is -0.337 e. The van der Waals surface area contributed by atoms with Crippen molar-refractivity contribution in [3.05, 3.63) is 91.0 Å². The molecule has 0 aliphatic carbocycles. The summed E-state index contributed by atoms with van der Waals surface area (Å²) in [5.74, 6) is 0. The second kappa shape index (κ2) is 8.81. The van der Waals surface area contributed by atoms with E-state index in [9.17, 15) is 13.0 Å². The predicted molar refractivity (Wildman–Crippen MR) is 115 cm³/mol. The van der Waals surface area contributed by atoms with E-state index in [2.05, 4.69) is 16.8 Å². The number of rotatable bonds is 7. The van der Waals surface area contributed by atoms with Crippen molar-refractivity contribution in [2.24, 2.45) is 10.2 Å². The third-order valence-electron chi connectivity index (χ3n) is 4.34. The maximum Gasteiger partial charge on any atom is 0.296 e. The van der Waals surface area contributed by atoms with Gasteiger partial charge in [0, 0.05) is 23.5 Å². The first-order valence-electron chi connectivity index (χ1n) is 8.93. The van der Waals surface area contributed by atoms with Crippen LogP contribution in [0.2, 0.25) is 0 Å². The van der Waals surface area contributed by atoms with Crippen molar-refractivity contribution in [3.8, 4) is 0 Å². The van der Waals surface area contributed by atoms with Crippen LogP contribution in [-0.4, -0.2) is 19.5 Å². The zero-order chi connectivity index (χ0) is 20.9. The van der Waals surface area contributed by atoms with Gasteiger partial charge in [-0.15, -0.1) is 11.7 Å². The third kappa shape index (κ3) is 4.77. The van der Waals surface area contributed by atoms with Gasteiger partial charge in [-0.05, 0) is 43.3 Å². The Labute approximate surface area is 170 Å². The van der Waals surface area contributed by atoms with Crippen molar-refractivity contribution in [1.29, 1.82) is 0 Å². The first kappa shape index (κ1) is 20.4. The molecule has 7 heteroatoms. The normalized spacial score (nSPS) is 11.5. The molecule has 0 aliphatic rings. The van der Waals surface area contributed by atoms with E-state index >= 15 is 0 Å². The van der Waals surface area contributed by atoms with Crippen LogP contribution in [0, 0.1) is 6.92 Å². The molecule has 0 amide bonds. The molecule has 1 N–H and O–H groups in total. The summed E-state index contributed by atoms with van der Waals surface area (Å²) in [6.45, 7) is 6.07. The minimum atomic E-state index is -4.47. The molecule has 0 heterocycles. The highest BCUT2D eigenvalue weighted by Gasteiger charge is 2.22. The lowest BCUT2D eigenvalue weighted by Gasteiger charge is -2.26. The zero-order valence-electron chi connectivity index (χ0n) is 15.9. The molecule has 0 aliphatic heterocycles. The third-order valence-corrected chi connectivity index (χ3v) is 5.22. The van der Waals surface area contributed by atoms with Crippen LogP contribution in [-0.2, 0) is 10.1 Å². The standard InChI is InChI=1S/C22H21N3O3S/c1-3-16-25(19-12-8-5-9-13-19)20-14-15-21(29(26,27)28)22(17(20)2)24-23-18-10-6-4-7-11-18/h3-15H,1,16H2,2H3,(H,26,27,28). The van der Waals surface area contributed by atoms with Crippen LogP contribution < -0.4 is 4.90 Å². The summed E-state index contributed by atoms with van der Waals surface area (Å²) >= 11 is 0. The molecule has 3 aromatic rings. The molecule has 0 unspecified atom stereocenters. The molecule has 0 radical (unpaired) electrons. The van der Waals surface area contributed by atoms with Crippen LogP contribution in [0.15, 0.2) is 101 Å². The van der Waals surface area contributed by atoms with Gasteiger partial charge in [0.25, 0.3) is 10.1 Å². The van der Waals surface area contributed by atoms with E-state index in [0.717, 1.165) is 11.4 Å². The highest BCUT2D eigenvalue weighted by atomic mass is 32.2. The first-order valence-corrected chi connectivity index (χ1v) is 10.4. The molecule has 0 bridgehead atoms. The molecule has 0 atom stereocenters. The van der Waals surface area contributed by atoms with Crippen LogP contribution in [0.4, 0.5) is 22.7 Å². The highest BCUT2D eigenvalue weighted by Crippen LogP contribution is 2.38. The fraction of sp³-hybridized carbons (Fsp3) is 0.0909. The summed E-state index contributed by atoms with van der Waals surface area (Å²) in [6.07, 6.45) is 1.76. The van der Waals surface area contributed by atoms with Crippen LogP contribution >= 0.6 is 0 Å². The van der Waals surface area contributed by atoms with Gasteiger partial charge in [0.05, 0.1) is 5.69 Å². The van der Waals surface area contributed by atoms with Crippen molar-refractivity contribution in [2.45, 2.75) is 11.8 Å². The number of nitrogens with zero attached hydrogens (tertiary/aromatic N) is 3. The Hall–Kier alpha value is -3.29. The minimum absolute atomic E-state index is 0.0962. The van der Waals surface area contributed by atoms with Gasteiger partial charge < -0.3 is 4.90 Å². The topological polar surface area (TPSA) is 82.3 Å². The molecule has 29 heavy (non-hydrogen) atoms. The van der Waals surface area contributed by atoms with E-state index in [0.29, 0.717) is 17.8 Å². The summed E-state index contributed by atoms with van der Waals surface area (Å²) in [5, 5.41) is 8.31. The van der Waals surface area contributed by atoms with Crippen molar-refractivity contribution >= 4 is 32.9 Å². The van der Waals surface area contributed by atoms with Gasteiger partial charge >= 0.3 is 0 Å². The number of anilines is 2. The fourth-order valence-corrected chi connectivity index (χ4v) is 3.65. The Bertz CT molecular complexity index is 1130. The lowest BCUT2D eigenvalue weighted by atomic mass is 10.1. The van der Waals surface area contributed by atoms with Crippen LogP contribution in [0.3, 0.4) is 0 Å². The molecular weight excluding hydrogens is 386 g/mol. The second-order valence-electron chi connectivity index (χ2n) is 6.30. The average molecular weight is 407 g/mol. The number of para-hydroxylation sites is 1. The number of hydrogen-bond donors (Lipinski definition) is 1. The quantitative estimate of drug-likeness (QED) is 0.297. The molecule has 3 rings (SSSR count). The summed E-state index contributed by atoms with van der Waals surface area (Å²) in [4.78, 5) is 1.70. The highest BCUT2D eigenvalue weighted by molar-refractivity contribution is 7.86. The van der Waals surface area contributed by atoms with Gasteiger partial charge in [-0.25, -0.2) is 0 Å². The smallest absolute Gasteiger partial charge is 0.296 e. The summed E-state index contributed by atoms with van der Waals surface area (Å²) in [5.41, 5.74) is 2.90. The van der Waals surface area contributed by atoms with Crippen LogP contribution in [0.25, 0.3) is 0 Å². The van der Waals surface area contributed by atoms with Crippen LogP contribution in [0.5, 0.6) is 0 Å². The molecule has 0 saturated heterocycles. The van der Waals surface area contributed by atoms with Crippen molar-refractivity contribution in [1.82, 2.24) is 0 Å². The Morgan fingerprint density at radius 3 is 2.17 bits per heavy atom. The van der Waals surface area contributed by atoms with E-state index in [4.69, 9.17) is 0 Å². The van der Waals surface area contributed by atoms with Gasteiger partial charge in [0.1, 0.15) is 10.6 Å². The first-order chi connectivity index (χ1) is 13.9. The van der Waals surface area contributed by atoms with Gasteiger partial charge in [0.2, 0.25) is 0 Å². The van der Waals surface area contributed by atoms with Crippen molar-refractivity contribution in [2.75, 3.05) is 11.4 Å². The van der Waals surface area contributed by atoms with Crippen molar-refractivity contribution in [3.63, 3.8) is 0 Å². The molecule has 0 fully saturated rings.